The number of rotatable bonds is 1. The van der Waals surface area contributed by atoms with Crippen molar-refractivity contribution in [2.75, 3.05) is 0 Å². The van der Waals surface area contributed by atoms with Crippen molar-refractivity contribution in [3.8, 4) is 0 Å². The second kappa shape index (κ2) is 3.16. The molecule has 1 heteroatoms. The molecule has 0 saturated heterocycles. The molecule has 102 valence electrons. The van der Waals surface area contributed by atoms with E-state index in [4.69, 9.17) is 0 Å². The topological polar surface area (TPSA) is 20.2 Å². The van der Waals surface area contributed by atoms with Crippen LogP contribution in [0.5, 0.6) is 0 Å². The normalized spacial score (nSPS) is 60.7. The van der Waals surface area contributed by atoms with Crippen LogP contribution in [0, 0.1) is 34.5 Å². The minimum absolute atomic E-state index is 0.180. The van der Waals surface area contributed by atoms with E-state index in [1.807, 2.05) is 0 Å². The SMILES string of the molecule is CC1(C)[C@@H]2CC[C@@]1(C)[C@@](O)(C1CC3CCC1C3)C2. The van der Waals surface area contributed by atoms with Crippen LogP contribution in [0.2, 0.25) is 0 Å². The highest BCUT2D eigenvalue weighted by molar-refractivity contribution is 5.21. The second-order valence-corrected chi connectivity index (χ2v) is 8.70. The van der Waals surface area contributed by atoms with Crippen molar-refractivity contribution in [2.45, 2.75) is 71.3 Å². The summed E-state index contributed by atoms with van der Waals surface area (Å²) >= 11 is 0. The number of aliphatic hydroxyl groups is 1. The van der Waals surface area contributed by atoms with Gasteiger partial charge in [-0.2, -0.15) is 0 Å². The maximum absolute atomic E-state index is 11.6. The molecule has 4 rings (SSSR count). The molecule has 0 radical (unpaired) electrons. The Labute approximate surface area is 111 Å². The third-order valence-corrected chi connectivity index (χ3v) is 8.30. The van der Waals surface area contributed by atoms with E-state index in [0.29, 0.717) is 11.3 Å². The Morgan fingerprint density at radius 2 is 1.78 bits per heavy atom. The lowest BCUT2D eigenvalue weighted by atomic mass is 9.58. The summed E-state index contributed by atoms with van der Waals surface area (Å²) in [4.78, 5) is 0. The van der Waals surface area contributed by atoms with E-state index in [1.165, 1.54) is 38.5 Å². The zero-order chi connectivity index (χ0) is 12.8. The molecule has 18 heavy (non-hydrogen) atoms. The van der Waals surface area contributed by atoms with Crippen molar-refractivity contribution in [1.29, 1.82) is 0 Å². The molecule has 0 aromatic heterocycles. The van der Waals surface area contributed by atoms with E-state index in [-0.39, 0.29) is 11.0 Å². The number of fused-ring (bicyclic) bond motifs is 4. The van der Waals surface area contributed by atoms with E-state index in [9.17, 15) is 5.11 Å². The first-order valence-corrected chi connectivity index (χ1v) is 8.11. The quantitative estimate of drug-likeness (QED) is 0.743. The first kappa shape index (κ1) is 11.8. The van der Waals surface area contributed by atoms with Crippen molar-refractivity contribution in [3.05, 3.63) is 0 Å². The first-order valence-electron chi connectivity index (χ1n) is 8.11. The van der Waals surface area contributed by atoms with Gasteiger partial charge in [-0.15, -0.1) is 0 Å². The van der Waals surface area contributed by atoms with E-state index in [0.717, 1.165) is 24.2 Å². The van der Waals surface area contributed by atoms with Gasteiger partial charge in [0.05, 0.1) is 5.60 Å². The highest BCUT2D eigenvalue weighted by Gasteiger charge is 2.71. The third-order valence-electron chi connectivity index (χ3n) is 8.30. The zero-order valence-corrected chi connectivity index (χ0v) is 12.2. The molecular weight excluding hydrogens is 220 g/mol. The molecular formula is C17H28O. The molecule has 1 nitrogen and oxygen atoms in total. The van der Waals surface area contributed by atoms with Crippen LogP contribution in [0.1, 0.15) is 65.7 Å². The van der Waals surface area contributed by atoms with Crippen molar-refractivity contribution in [2.24, 2.45) is 34.5 Å². The van der Waals surface area contributed by atoms with Crippen LogP contribution < -0.4 is 0 Å². The summed E-state index contributed by atoms with van der Waals surface area (Å²) in [5, 5.41) is 11.6. The summed E-state index contributed by atoms with van der Waals surface area (Å²) in [5.41, 5.74) is 0.197. The molecule has 0 aromatic carbocycles. The lowest BCUT2D eigenvalue weighted by molar-refractivity contribution is -0.142. The van der Waals surface area contributed by atoms with Gasteiger partial charge in [0.2, 0.25) is 0 Å². The summed E-state index contributed by atoms with van der Waals surface area (Å²) in [6, 6.07) is 0. The van der Waals surface area contributed by atoms with Crippen molar-refractivity contribution < 1.29 is 5.11 Å². The highest BCUT2D eigenvalue weighted by atomic mass is 16.3. The predicted octanol–water partition coefficient (Wildman–Crippen LogP) is 4.00. The average molecular weight is 248 g/mol. The van der Waals surface area contributed by atoms with Gasteiger partial charge in [-0.3, -0.25) is 0 Å². The van der Waals surface area contributed by atoms with Crippen molar-refractivity contribution >= 4 is 0 Å². The Bertz CT molecular complexity index is 387. The summed E-state index contributed by atoms with van der Waals surface area (Å²) in [7, 11) is 0. The smallest absolute Gasteiger partial charge is 0.0739 e. The van der Waals surface area contributed by atoms with Crippen LogP contribution >= 0.6 is 0 Å². The Hall–Kier alpha value is -0.0400. The van der Waals surface area contributed by atoms with Crippen LogP contribution in [0.4, 0.5) is 0 Å². The third kappa shape index (κ3) is 1.06. The van der Waals surface area contributed by atoms with E-state index < -0.39 is 0 Å². The summed E-state index contributed by atoms with van der Waals surface area (Å²) in [6.07, 6.45) is 9.32. The minimum atomic E-state index is -0.334. The molecule has 4 saturated carbocycles. The fourth-order valence-electron chi connectivity index (χ4n) is 6.72. The van der Waals surface area contributed by atoms with Crippen molar-refractivity contribution in [1.82, 2.24) is 0 Å². The number of hydrogen-bond donors (Lipinski definition) is 1. The van der Waals surface area contributed by atoms with E-state index >= 15 is 0 Å². The van der Waals surface area contributed by atoms with Gasteiger partial charge < -0.3 is 5.11 Å². The average Bonchev–Trinajstić information content (AvgIpc) is 3.01. The van der Waals surface area contributed by atoms with Gasteiger partial charge >= 0.3 is 0 Å². The molecule has 4 aliphatic carbocycles. The predicted molar refractivity (Wildman–Crippen MR) is 73.1 cm³/mol. The van der Waals surface area contributed by atoms with Gasteiger partial charge in [0.25, 0.3) is 0 Å². The van der Waals surface area contributed by atoms with Gasteiger partial charge in [0, 0.05) is 5.41 Å². The van der Waals surface area contributed by atoms with Crippen LogP contribution in [0.15, 0.2) is 0 Å². The molecule has 0 aliphatic heterocycles. The molecule has 0 amide bonds. The van der Waals surface area contributed by atoms with E-state index in [1.54, 1.807) is 0 Å². The fraction of sp³-hybridized carbons (Fsp3) is 1.00. The Kier molecular flexibility index (Phi) is 2.07. The molecule has 4 bridgehead atoms. The standard InChI is InChI=1S/C17H28O/c1-15(2)13-6-7-16(15,3)17(18,10-13)14-9-11-4-5-12(14)8-11/h11-14,18H,4-10H2,1-3H3/t11?,12?,13-,14?,16-,17+/m1/s1. The lowest BCUT2D eigenvalue weighted by Gasteiger charge is -2.50. The van der Waals surface area contributed by atoms with Crippen molar-refractivity contribution in [3.63, 3.8) is 0 Å². The van der Waals surface area contributed by atoms with Crippen LogP contribution in [-0.2, 0) is 0 Å². The molecule has 4 aliphatic rings. The largest absolute Gasteiger partial charge is 0.389 e. The van der Waals surface area contributed by atoms with Crippen LogP contribution in [0.25, 0.3) is 0 Å². The zero-order valence-electron chi connectivity index (χ0n) is 12.2. The monoisotopic (exact) mass is 248 g/mol. The second-order valence-electron chi connectivity index (χ2n) is 8.70. The molecule has 1 N–H and O–H groups in total. The first-order chi connectivity index (χ1) is 8.38. The summed E-state index contributed by atoms with van der Waals surface area (Å²) in [6.45, 7) is 7.26. The maximum Gasteiger partial charge on any atom is 0.0739 e. The van der Waals surface area contributed by atoms with Gasteiger partial charge in [0.1, 0.15) is 0 Å². The highest BCUT2D eigenvalue weighted by Crippen LogP contribution is 2.73. The molecule has 0 spiro atoms. The maximum atomic E-state index is 11.6. The Balaban J connectivity index is 1.73. The van der Waals surface area contributed by atoms with Gasteiger partial charge in [-0.05, 0) is 67.6 Å². The van der Waals surface area contributed by atoms with E-state index in [2.05, 4.69) is 20.8 Å². The molecule has 6 atom stereocenters. The van der Waals surface area contributed by atoms with Gasteiger partial charge in [-0.25, -0.2) is 0 Å². The molecule has 0 heterocycles. The van der Waals surface area contributed by atoms with Crippen LogP contribution in [0.3, 0.4) is 0 Å². The van der Waals surface area contributed by atoms with Gasteiger partial charge in [0.15, 0.2) is 0 Å². The summed E-state index contributed by atoms with van der Waals surface area (Å²) in [5.74, 6) is 3.21. The summed E-state index contributed by atoms with van der Waals surface area (Å²) < 4.78 is 0. The molecule has 0 aromatic rings. The Morgan fingerprint density at radius 1 is 1.00 bits per heavy atom. The number of hydrogen-bond acceptors (Lipinski definition) is 1. The lowest BCUT2D eigenvalue weighted by Crippen LogP contribution is -2.53. The molecule has 3 unspecified atom stereocenters. The van der Waals surface area contributed by atoms with Crippen LogP contribution in [-0.4, -0.2) is 10.7 Å². The minimum Gasteiger partial charge on any atom is -0.389 e. The van der Waals surface area contributed by atoms with Gasteiger partial charge in [-0.1, -0.05) is 27.2 Å². The fourth-order valence-corrected chi connectivity index (χ4v) is 6.72. The molecule has 4 fully saturated rings. The Morgan fingerprint density at radius 3 is 2.22 bits per heavy atom.